The molecule has 2 aromatic rings. The molecule has 0 spiro atoms. The van der Waals surface area contributed by atoms with Gasteiger partial charge in [0.2, 0.25) is 5.91 Å². The normalized spacial score (nSPS) is 14.8. The number of carbonyl (C=O) groups is 1. The zero-order valence-corrected chi connectivity index (χ0v) is 14.5. The Balaban J connectivity index is 1.68. The molecule has 0 bridgehead atoms. The van der Waals surface area contributed by atoms with E-state index in [9.17, 15) is 4.79 Å². The van der Waals surface area contributed by atoms with Crippen molar-refractivity contribution in [2.75, 3.05) is 14.2 Å². The van der Waals surface area contributed by atoms with Gasteiger partial charge in [-0.3, -0.25) is 4.79 Å². The summed E-state index contributed by atoms with van der Waals surface area (Å²) in [4.78, 5) is 12.7. The first-order valence-corrected chi connectivity index (χ1v) is 8.22. The first-order valence-electron chi connectivity index (χ1n) is 7.84. The number of methoxy groups -OCH3 is 2. The first kappa shape index (κ1) is 16.7. The van der Waals surface area contributed by atoms with Gasteiger partial charge in [-0.25, -0.2) is 0 Å². The molecule has 0 aromatic heterocycles. The van der Waals surface area contributed by atoms with E-state index < -0.39 is 5.41 Å². The van der Waals surface area contributed by atoms with E-state index in [1.54, 1.807) is 14.2 Å². The highest BCUT2D eigenvalue weighted by atomic mass is 35.5. The predicted octanol–water partition coefficient (Wildman–Crippen LogP) is 3.71. The van der Waals surface area contributed by atoms with Crippen LogP contribution in [0.2, 0.25) is 5.02 Å². The number of benzene rings is 2. The molecule has 0 unspecified atom stereocenters. The molecular weight excluding hydrogens is 326 g/mol. The van der Waals surface area contributed by atoms with Crippen LogP contribution in [0.15, 0.2) is 42.5 Å². The Kier molecular flexibility index (Phi) is 4.67. The molecule has 1 N–H and O–H groups in total. The van der Waals surface area contributed by atoms with E-state index in [1.807, 2.05) is 42.5 Å². The van der Waals surface area contributed by atoms with Crippen molar-refractivity contribution in [2.24, 2.45) is 0 Å². The Bertz CT molecular complexity index is 739. The van der Waals surface area contributed by atoms with Gasteiger partial charge in [-0.1, -0.05) is 29.8 Å². The molecule has 1 aliphatic carbocycles. The second-order valence-electron chi connectivity index (χ2n) is 5.96. The third-order valence-corrected chi connectivity index (χ3v) is 4.73. The van der Waals surface area contributed by atoms with Gasteiger partial charge in [0.05, 0.1) is 19.6 Å². The summed E-state index contributed by atoms with van der Waals surface area (Å²) in [7, 11) is 3.20. The molecule has 5 heteroatoms. The van der Waals surface area contributed by atoms with Gasteiger partial charge in [-0.2, -0.15) is 0 Å². The van der Waals surface area contributed by atoms with Crippen molar-refractivity contribution in [3.05, 3.63) is 58.6 Å². The van der Waals surface area contributed by atoms with Crippen LogP contribution in [-0.2, 0) is 16.8 Å². The van der Waals surface area contributed by atoms with Gasteiger partial charge in [0.25, 0.3) is 0 Å². The highest BCUT2D eigenvalue weighted by Gasteiger charge is 2.51. The van der Waals surface area contributed by atoms with Crippen LogP contribution in [0.5, 0.6) is 11.5 Å². The minimum atomic E-state index is -0.402. The number of hydrogen-bond acceptors (Lipinski definition) is 3. The van der Waals surface area contributed by atoms with E-state index in [-0.39, 0.29) is 5.91 Å². The highest BCUT2D eigenvalue weighted by Crippen LogP contribution is 2.48. The maximum absolute atomic E-state index is 12.7. The molecule has 24 heavy (non-hydrogen) atoms. The van der Waals surface area contributed by atoms with E-state index >= 15 is 0 Å². The molecule has 0 aliphatic heterocycles. The number of ether oxygens (including phenoxy) is 2. The van der Waals surface area contributed by atoms with E-state index in [0.717, 1.165) is 24.0 Å². The topological polar surface area (TPSA) is 47.6 Å². The van der Waals surface area contributed by atoms with Gasteiger partial charge in [-0.05, 0) is 48.2 Å². The summed E-state index contributed by atoms with van der Waals surface area (Å²) in [5.41, 5.74) is 1.59. The molecule has 3 rings (SSSR count). The van der Waals surface area contributed by atoms with Gasteiger partial charge in [0, 0.05) is 11.6 Å². The number of rotatable bonds is 6. The molecule has 0 atom stereocenters. The van der Waals surface area contributed by atoms with Crippen LogP contribution < -0.4 is 14.8 Å². The predicted molar refractivity (Wildman–Crippen MR) is 93.8 cm³/mol. The summed E-state index contributed by atoms with van der Waals surface area (Å²) in [6.45, 7) is 0.453. The van der Waals surface area contributed by atoms with E-state index in [0.29, 0.717) is 23.1 Å². The summed E-state index contributed by atoms with van der Waals surface area (Å²) in [6.07, 6.45) is 1.73. The fourth-order valence-electron chi connectivity index (χ4n) is 2.88. The Morgan fingerprint density at radius 3 is 2.33 bits per heavy atom. The Labute approximate surface area is 146 Å². The van der Waals surface area contributed by atoms with Crippen LogP contribution in [0.1, 0.15) is 24.0 Å². The van der Waals surface area contributed by atoms with Crippen molar-refractivity contribution >= 4 is 17.5 Å². The molecule has 0 heterocycles. The van der Waals surface area contributed by atoms with Gasteiger partial charge in [0.15, 0.2) is 11.5 Å². The van der Waals surface area contributed by atoms with Crippen LogP contribution in [0.4, 0.5) is 0 Å². The monoisotopic (exact) mass is 345 g/mol. The van der Waals surface area contributed by atoms with Crippen molar-refractivity contribution in [3.63, 3.8) is 0 Å². The maximum Gasteiger partial charge on any atom is 0.230 e. The number of carbonyl (C=O) groups excluding carboxylic acids is 1. The number of halogens is 1. The van der Waals surface area contributed by atoms with Crippen molar-refractivity contribution in [2.45, 2.75) is 24.8 Å². The summed E-state index contributed by atoms with van der Waals surface area (Å²) in [6, 6.07) is 13.2. The van der Waals surface area contributed by atoms with Crippen LogP contribution >= 0.6 is 11.6 Å². The molecule has 2 aromatic carbocycles. The molecule has 1 fully saturated rings. The lowest BCUT2D eigenvalue weighted by molar-refractivity contribution is -0.123. The second kappa shape index (κ2) is 6.73. The van der Waals surface area contributed by atoms with E-state index in [4.69, 9.17) is 21.1 Å². The average Bonchev–Trinajstić information content (AvgIpc) is 3.42. The number of amides is 1. The largest absolute Gasteiger partial charge is 0.493 e. The lowest BCUT2D eigenvalue weighted by atomic mass is 9.95. The Hall–Kier alpha value is -2.20. The van der Waals surface area contributed by atoms with Crippen LogP contribution in [-0.4, -0.2) is 20.1 Å². The van der Waals surface area contributed by atoms with Crippen LogP contribution in [0.3, 0.4) is 0 Å². The zero-order chi connectivity index (χ0) is 17.2. The Morgan fingerprint density at radius 2 is 1.75 bits per heavy atom. The molecule has 4 nitrogen and oxygen atoms in total. The van der Waals surface area contributed by atoms with Crippen molar-refractivity contribution in [3.8, 4) is 11.5 Å². The number of hydrogen-bond donors (Lipinski definition) is 1. The first-order chi connectivity index (χ1) is 11.6. The molecular formula is C19H20ClNO3. The van der Waals surface area contributed by atoms with E-state index in [2.05, 4.69) is 5.32 Å². The second-order valence-corrected chi connectivity index (χ2v) is 6.40. The van der Waals surface area contributed by atoms with Gasteiger partial charge >= 0.3 is 0 Å². The fourth-order valence-corrected chi connectivity index (χ4v) is 3.01. The SMILES string of the molecule is COc1ccc(CNC(=O)C2(c3ccc(Cl)cc3)CC2)cc1OC. The molecule has 0 radical (unpaired) electrons. The summed E-state index contributed by atoms with van der Waals surface area (Å²) in [5.74, 6) is 1.38. The lowest BCUT2D eigenvalue weighted by Crippen LogP contribution is -2.34. The standard InChI is InChI=1S/C19H20ClNO3/c1-23-16-8-3-13(11-17(16)24-2)12-21-18(22)19(9-10-19)14-4-6-15(20)7-5-14/h3-8,11H,9-10,12H2,1-2H3,(H,21,22). The zero-order valence-electron chi connectivity index (χ0n) is 13.8. The summed E-state index contributed by atoms with van der Waals surface area (Å²) in [5, 5.41) is 3.72. The van der Waals surface area contributed by atoms with Gasteiger partial charge in [-0.15, -0.1) is 0 Å². The summed E-state index contributed by atoms with van der Waals surface area (Å²) < 4.78 is 10.5. The third kappa shape index (κ3) is 3.20. The van der Waals surface area contributed by atoms with Crippen molar-refractivity contribution in [1.82, 2.24) is 5.32 Å². The maximum atomic E-state index is 12.7. The molecule has 0 saturated heterocycles. The molecule has 1 saturated carbocycles. The smallest absolute Gasteiger partial charge is 0.230 e. The number of nitrogens with one attached hydrogen (secondary N) is 1. The molecule has 1 amide bonds. The minimum absolute atomic E-state index is 0.0552. The molecule has 1 aliphatic rings. The van der Waals surface area contributed by atoms with Crippen LogP contribution in [0, 0.1) is 0 Å². The van der Waals surface area contributed by atoms with Crippen LogP contribution in [0.25, 0.3) is 0 Å². The fraction of sp³-hybridized carbons (Fsp3) is 0.316. The third-order valence-electron chi connectivity index (χ3n) is 4.48. The van der Waals surface area contributed by atoms with Gasteiger partial charge in [0.1, 0.15) is 0 Å². The average molecular weight is 346 g/mol. The van der Waals surface area contributed by atoms with Crippen molar-refractivity contribution in [1.29, 1.82) is 0 Å². The van der Waals surface area contributed by atoms with Gasteiger partial charge < -0.3 is 14.8 Å². The quantitative estimate of drug-likeness (QED) is 0.868. The highest BCUT2D eigenvalue weighted by molar-refractivity contribution is 6.30. The summed E-state index contributed by atoms with van der Waals surface area (Å²) >= 11 is 5.93. The lowest BCUT2D eigenvalue weighted by Gasteiger charge is -2.16. The minimum Gasteiger partial charge on any atom is -0.493 e. The molecule has 126 valence electrons. The van der Waals surface area contributed by atoms with Crippen molar-refractivity contribution < 1.29 is 14.3 Å². The Morgan fingerprint density at radius 1 is 1.08 bits per heavy atom. The van der Waals surface area contributed by atoms with E-state index in [1.165, 1.54) is 0 Å².